The fourth-order valence-electron chi connectivity index (χ4n) is 2.26. The molecule has 7 nitrogen and oxygen atoms in total. The number of carbonyl (C=O) groups is 3. The summed E-state index contributed by atoms with van der Waals surface area (Å²) in [5.41, 5.74) is 3.38. The van der Waals surface area contributed by atoms with Gasteiger partial charge in [-0.3, -0.25) is 19.6 Å². The summed E-state index contributed by atoms with van der Waals surface area (Å²) in [7, 11) is 0. The molecule has 0 heterocycles. The maximum absolute atomic E-state index is 12.2. The summed E-state index contributed by atoms with van der Waals surface area (Å²) >= 11 is 0. The lowest BCUT2D eigenvalue weighted by molar-refractivity contribution is -0.133. The first-order valence-corrected chi connectivity index (χ1v) is 8.05. The molecule has 0 radical (unpaired) electrons. The van der Waals surface area contributed by atoms with Crippen molar-refractivity contribution >= 4 is 18.1 Å². The highest BCUT2D eigenvalue weighted by atomic mass is 16.5. The highest BCUT2D eigenvalue weighted by Gasteiger charge is 2.25. The number of aliphatic hydroxyl groups excluding tert-OH is 1. The zero-order valence-electron chi connectivity index (χ0n) is 14.5. The quantitative estimate of drug-likeness (QED) is 0.271. The Hall–Kier alpha value is -3.47. The molecular formula is C20H18N2O5. The number of rotatable bonds is 5. The number of aldehydes is 1. The second-order valence-electron chi connectivity index (χ2n) is 5.70. The van der Waals surface area contributed by atoms with Crippen molar-refractivity contribution in [3.05, 3.63) is 70.8 Å². The average molecular weight is 366 g/mol. The van der Waals surface area contributed by atoms with Gasteiger partial charge in [-0.1, -0.05) is 30.0 Å². The lowest BCUT2D eigenvalue weighted by atomic mass is 10.1. The molecule has 2 atom stereocenters. The lowest BCUT2D eigenvalue weighted by Gasteiger charge is -2.19. The van der Waals surface area contributed by atoms with Crippen LogP contribution >= 0.6 is 0 Å². The molecule has 2 amide bonds. The predicted octanol–water partition coefficient (Wildman–Crippen LogP) is 0.883. The summed E-state index contributed by atoms with van der Waals surface area (Å²) in [5.74, 6) is 4.30. The molecule has 0 bridgehead atoms. The van der Waals surface area contributed by atoms with Gasteiger partial charge in [0.1, 0.15) is 6.04 Å². The Morgan fingerprint density at radius 1 is 1.07 bits per heavy atom. The minimum Gasteiger partial charge on any atom is -0.391 e. The van der Waals surface area contributed by atoms with Crippen molar-refractivity contribution in [2.24, 2.45) is 0 Å². The Balaban J connectivity index is 2.13. The van der Waals surface area contributed by atoms with Crippen molar-refractivity contribution < 1.29 is 24.7 Å². The van der Waals surface area contributed by atoms with E-state index in [1.54, 1.807) is 36.4 Å². The zero-order valence-corrected chi connectivity index (χ0v) is 14.5. The van der Waals surface area contributed by atoms with E-state index in [1.165, 1.54) is 24.5 Å². The molecule has 0 saturated heterocycles. The summed E-state index contributed by atoms with van der Waals surface area (Å²) in [6.45, 7) is 1.32. The van der Waals surface area contributed by atoms with Crippen molar-refractivity contribution in [3.63, 3.8) is 0 Å². The Bertz CT molecular complexity index is 895. The topological polar surface area (TPSA) is 116 Å². The van der Waals surface area contributed by atoms with Gasteiger partial charge in [0.25, 0.3) is 11.8 Å². The molecule has 0 spiro atoms. The van der Waals surface area contributed by atoms with E-state index in [0.29, 0.717) is 16.7 Å². The molecule has 0 fully saturated rings. The molecule has 0 aliphatic rings. The standard InChI is InChI=1S/C20H18N2O5/c1-13(24)18(20(26)22-27)21-19(25)16-10-7-14(8-11-16)6-9-15-4-2-3-5-17(15)12-23/h2-5,7-8,10-13,18,24,27H,1H3,(H,21,25)(H,22,26). The Morgan fingerprint density at radius 3 is 2.33 bits per heavy atom. The van der Waals surface area contributed by atoms with E-state index in [4.69, 9.17) is 5.21 Å². The van der Waals surface area contributed by atoms with Gasteiger partial charge in [0.2, 0.25) is 0 Å². The SMILES string of the molecule is CC(O)C(NC(=O)c1ccc(C#Cc2ccccc2C=O)cc1)C(=O)NO. The molecule has 0 aliphatic carbocycles. The van der Waals surface area contributed by atoms with E-state index in [2.05, 4.69) is 17.2 Å². The predicted molar refractivity (Wildman–Crippen MR) is 97.1 cm³/mol. The van der Waals surface area contributed by atoms with E-state index < -0.39 is 24.0 Å². The Morgan fingerprint density at radius 2 is 1.74 bits per heavy atom. The molecule has 2 unspecified atom stereocenters. The number of amides is 2. The van der Waals surface area contributed by atoms with Crippen LogP contribution in [0.4, 0.5) is 0 Å². The monoisotopic (exact) mass is 366 g/mol. The highest BCUT2D eigenvalue weighted by molar-refractivity contribution is 5.97. The van der Waals surface area contributed by atoms with E-state index in [1.807, 2.05) is 0 Å². The molecule has 0 saturated carbocycles. The van der Waals surface area contributed by atoms with Crippen LogP contribution in [0.3, 0.4) is 0 Å². The van der Waals surface area contributed by atoms with E-state index in [9.17, 15) is 19.5 Å². The van der Waals surface area contributed by atoms with E-state index in [0.717, 1.165) is 6.29 Å². The fraction of sp³-hybridized carbons (Fsp3) is 0.150. The highest BCUT2D eigenvalue weighted by Crippen LogP contribution is 2.07. The molecule has 2 rings (SSSR count). The number of hydroxylamine groups is 1. The molecule has 0 aromatic heterocycles. The summed E-state index contributed by atoms with van der Waals surface area (Å²) in [6, 6.07) is 11.9. The second kappa shape index (κ2) is 9.29. The zero-order chi connectivity index (χ0) is 19.8. The summed E-state index contributed by atoms with van der Waals surface area (Å²) in [6.07, 6.45) is -0.456. The number of nitrogens with one attached hydrogen (secondary N) is 2. The maximum atomic E-state index is 12.2. The number of aliphatic hydroxyl groups is 1. The average Bonchev–Trinajstić information content (AvgIpc) is 2.70. The first-order chi connectivity index (χ1) is 13.0. The number of hydrogen-bond acceptors (Lipinski definition) is 5. The second-order valence-corrected chi connectivity index (χ2v) is 5.70. The molecule has 2 aromatic carbocycles. The maximum Gasteiger partial charge on any atom is 0.268 e. The summed E-state index contributed by atoms with van der Waals surface area (Å²) < 4.78 is 0. The van der Waals surface area contributed by atoms with Crippen molar-refractivity contribution in [2.75, 3.05) is 0 Å². The van der Waals surface area contributed by atoms with E-state index in [-0.39, 0.29) is 5.56 Å². The third kappa shape index (κ3) is 5.25. The summed E-state index contributed by atoms with van der Waals surface area (Å²) in [4.78, 5) is 34.7. The van der Waals surface area contributed by atoms with Gasteiger partial charge in [0.05, 0.1) is 6.10 Å². The normalized spacial score (nSPS) is 12.1. The number of hydrogen-bond donors (Lipinski definition) is 4. The molecular weight excluding hydrogens is 348 g/mol. The van der Waals surface area contributed by atoms with Crippen LogP contribution in [0.5, 0.6) is 0 Å². The van der Waals surface area contributed by atoms with Crippen LogP contribution in [0.25, 0.3) is 0 Å². The first kappa shape index (κ1) is 19.8. The van der Waals surface area contributed by atoms with Crippen molar-refractivity contribution in [2.45, 2.75) is 19.1 Å². The van der Waals surface area contributed by atoms with Crippen molar-refractivity contribution in [3.8, 4) is 11.8 Å². The van der Waals surface area contributed by atoms with Crippen LogP contribution in [-0.2, 0) is 4.79 Å². The smallest absolute Gasteiger partial charge is 0.268 e. The molecule has 27 heavy (non-hydrogen) atoms. The van der Waals surface area contributed by atoms with Gasteiger partial charge in [-0.2, -0.15) is 0 Å². The molecule has 7 heteroatoms. The van der Waals surface area contributed by atoms with Gasteiger partial charge in [-0.25, -0.2) is 5.48 Å². The number of benzene rings is 2. The Kier molecular flexibility index (Phi) is 6.83. The summed E-state index contributed by atoms with van der Waals surface area (Å²) in [5, 5.41) is 20.6. The van der Waals surface area contributed by atoms with Crippen LogP contribution in [0.15, 0.2) is 48.5 Å². The van der Waals surface area contributed by atoms with Crippen molar-refractivity contribution in [1.29, 1.82) is 0 Å². The largest absolute Gasteiger partial charge is 0.391 e. The molecule has 0 aliphatic heterocycles. The molecule has 138 valence electrons. The van der Waals surface area contributed by atoms with Crippen LogP contribution in [-0.4, -0.2) is 40.6 Å². The van der Waals surface area contributed by atoms with Gasteiger partial charge in [-0.05, 0) is 37.3 Å². The lowest BCUT2D eigenvalue weighted by Crippen LogP contribution is -2.51. The van der Waals surface area contributed by atoms with Gasteiger partial charge < -0.3 is 10.4 Å². The fourth-order valence-corrected chi connectivity index (χ4v) is 2.26. The molecule has 2 aromatic rings. The van der Waals surface area contributed by atoms with Crippen molar-refractivity contribution in [1.82, 2.24) is 10.8 Å². The van der Waals surface area contributed by atoms with Gasteiger partial charge in [-0.15, -0.1) is 0 Å². The van der Waals surface area contributed by atoms with Gasteiger partial charge in [0.15, 0.2) is 6.29 Å². The number of carbonyl (C=O) groups excluding carboxylic acids is 3. The minimum atomic E-state index is -1.29. The van der Waals surface area contributed by atoms with Gasteiger partial charge in [0, 0.05) is 22.3 Å². The Labute approximate surface area is 156 Å². The molecule has 4 N–H and O–H groups in total. The van der Waals surface area contributed by atoms with Gasteiger partial charge >= 0.3 is 0 Å². The third-order valence-electron chi connectivity index (χ3n) is 3.74. The minimum absolute atomic E-state index is 0.255. The van der Waals surface area contributed by atoms with Crippen LogP contribution in [0.2, 0.25) is 0 Å². The van der Waals surface area contributed by atoms with E-state index >= 15 is 0 Å². The third-order valence-corrected chi connectivity index (χ3v) is 3.74. The van der Waals surface area contributed by atoms with Crippen LogP contribution in [0, 0.1) is 11.8 Å². The van der Waals surface area contributed by atoms with Crippen LogP contribution < -0.4 is 10.8 Å². The van der Waals surface area contributed by atoms with Crippen LogP contribution in [0.1, 0.15) is 38.8 Å². The first-order valence-electron chi connectivity index (χ1n) is 8.05.